The van der Waals surface area contributed by atoms with Crippen LogP contribution in [0.1, 0.15) is 45.0 Å². The number of nitrogens with zero attached hydrogens (tertiary/aromatic N) is 1. The van der Waals surface area contributed by atoms with E-state index in [0.29, 0.717) is 37.6 Å². The predicted octanol–water partition coefficient (Wildman–Crippen LogP) is 5.88. The zero-order valence-electron chi connectivity index (χ0n) is 23.4. The highest BCUT2D eigenvalue weighted by Gasteiger charge is 2.33. The maximum atomic E-state index is 13.7. The number of carbonyl (C=O) groups excluding carboxylic acids is 3. The first kappa shape index (κ1) is 28.6. The van der Waals surface area contributed by atoms with Crippen LogP contribution in [0.25, 0.3) is 0 Å². The molecule has 1 atom stereocenters. The lowest BCUT2D eigenvalue weighted by Crippen LogP contribution is -2.34. The molecule has 8 heteroatoms. The minimum atomic E-state index is -0.331. The summed E-state index contributed by atoms with van der Waals surface area (Å²) in [5.41, 5.74) is 5.68. The molecule has 0 bridgehead atoms. The SMILES string of the molecule is COC(=O)CC1c2ccccc2C(=O)N(CCOCc2ccc(NC(=O)NCc3ccccc3)cc2)c2ccccc21. The minimum Gasteiger partial charge on any atom is -0.469 e. The number of methoxy groups -OCH3 is 1. The molecule has 2 N–H and O–H groups in total. The van der Waals surface area contributed by atoms with Crippen LogP contribution in [0.2, 0.25) is 0 Å². The van der Waals surface area contributed by atoms with E-state index < -0.39 is 0 Å². The molecule has 1 aliphatic rings. The Morgan fingerprint density at radius 3 is 2.26 bits per heavy atom. The van der Waals surface area contributed by atoms with Gasteiger partial charge in [0.1, 0.15) is 0 Å². The van der Waals surface area contributed by atoms with E-state index in [4.69, 9.17) is 9.47 Å². The van der Waals surface area contributed by atoms with Gasteiger partial charge in [0.2, 0.25) is 0 Å². The molecule has 0 radical (unpaired) electrons. The summed E-state index contributed by atoms with van der Waals surface area (Å²) in [5, 5.41) is 5.67. The first-order valence-corrected chi connectivity index (χ1v) is 13.9. The Balaban J connectivity index is 1.19. The summed E-state index contributed by atoms with van der Waals surface area (Å²) in [6.45, 7) is 1.45. The van der Waals surface area contributed by atoms with Crippen LogP contribution in [-0.4, -0.2) is 38.2 Å². The first-order valence-electron chi connectivity index (χ1n) is 13.9. The lowest BCUT2D eigenvalue weighted by molar-refractivity contribution is -0.140. The summed E-state index contributed by atoms with van der Waals surface area (Å²) in [5.74, 6) is -0.759. The van der Waals surface area contributed by atoms with Crippen molar-refractivity contribution in [2.24, 2.45) is 0 Å². The number of esters is 1. The van der Waals surface area contributed by atoms with E-state index in [2.05, 4.69) is 10.6 Å². The average molecular weight is 564 g/mol. The molecule has 1 heterocycles. The Bertz CT molecular complexity index is 1540. The molecule has 0 saturated heterocycles. The fourth-order valence-electron chi connectivity index (χ4n) is 5.12. The minimum absolute atomic E-state index is 0.130. The second-order valence-corrected chi connectivity index (χ2v) is 9.98. The Labute approximate surface area is 245 Å². The predicted molar refractivity (Wildman–Crippen MR) is 161 cm³/mol. The van der Waals surface area contributed by atoms with E-state index in [1.165, 1.54) is 7.11 Å². The number of hydrogen-bond acceptors (Lipinski definition) is 5. The second kappa shape index (κ2) is 13.6. The summed E-state index contributed by atoms with van der Waals surface area (Å²) in [6.07, 6.45) is 0.141. The van der Waals surface area contributed by atoms with Crippen molar-refractivity contribution in [3.05, 3.63) is 131 Å². The van der Waals surface area contributed by atoms with Crippen LogP contribution in [0.15, 0.2) is 103 Å². The second-order valence-electron chi connectivity index (χ2n) is 9.98. The third-order valence-electron chi connectivity index (χ3n) is 7.25. The Hall–Kier alpha value is -4.95. The van der Waals surface area contributed by atoms with Gasteiger partial charge in [0.15, 0.2) is 0 Å². The number of ether oxygens (including phenoxy) is 2. The van der Waals surface area contributed by atoms with Crippen molar-refractivity contribution in [1.82, 2.24) is 5.32 Å². The highest BCUT2D eigenvalue weighted by atomic mass is 16.5. The first-order chi connectivity index (χ1) is 20.5. The van der Waals surface area contributed by atoms with Crippen LogP contribution in [0.4, 0.5) is 16.2 Å². The summed E-state index contributed by atoms with van der Waals surface area (Å²) >= 11 is 0. The summed E-state index contributed by atoms with van der Waals surface area (Å²) in [4.78, 5) is 40.0. The number of rotatable bonds is 10. The van der Waals surface area contributed by atoms with Gasteiger partial charge in [-0.3, -0.25) is 9.59 Å². The van der Waals surface area contributed by atoms with E-state index in [-0.39, 0.29) is 30.2 Å². The quantitative estimate of drug-likeness (QED) is 0.186. The van der Waals surface area contributed by atoms with E-state index in [0.717, 1.165) is 27.9 Å². The van der Waals surface area contributed by atoms with Crippen LogP contribution in [0.5, 0.6) is 0 Å². The fraction of sp³-hybridized carbons (Fsp3) is 0.206. The fourth-order valence-corrected chi connectivity index (χ4v) is 5.12. The lowest BCUT2D eigenvalue weighted by Gasteiger charge is -2.24. The van der Waals surface area contributed by atoms with E-state index >= 15 is 0 Å². The maximum Gasteiger partial charge on any atom is 0.319 e. The van der Waals surface area contributed by atoms with E-state index in [9.17, 15) is 14.4 Å². The van der Waals surface area contributed by atoms with E-state index in [1.54, 1.807) is 11.0 Å². The number of amides is 3. The molecule has 1 aliphatic heterocycles. The molecule has 42 heavy (non-hydrogen) atoms. The third kappa shape index (κ3) is 6.85. The molecule has 1 unspecified atom stereocenters. The van der Waals surface area contributed by atoms with Gasteiger partial charge in [-0.1, -0.05) is 78.9 Å². The normalized spacial score (nSPS) is 13.9. The maximum absolute atomic E-state index is 13.7. The molecule has 214 valence electrons. The number of fused-ring (bicyclic) bond motifs is 2. The lowest BCUT2D eigenvalue weighted by atomic mass is 9.86. The zero-order chi connectivity index (χ0) is 29.3. The number of anilines is 2. The molecule has 4 aromatic rings. The zero-order valence-corrected chi connectivity index (χ0v) is 23.4. The van der Waals surface area contributed by atoms with Crippen molar-refractivity contribution in [2.75, 3.05) is 30.5 Å². The van der Waals surface area contributed by atoms with Crippen molar-refractivity contribution >= 4 is 29.3 Å². The number of carbonyl (C=O) groups is 3. The third-order valence-corrected chi connectivity index (χ3v) is 7.25. The molecule has 8 nitrogen and oxygen atoms in total. The van der Waals surface area contributed by atoms with Crippen LogP contribution < -0.4 is 15.5 Å². The molecule has 3 amide bonds. The summed E-state index contributed by atoms with van der Waals surface area (Å²) in [6, 6.07) is 32.0. The van der Waals surface area contributed by atoms with E-state index in [1.807, 2.05) is 97.1 Å². The van der Waals surface area contributed by atoms with Crippen LogP contribution in [-0.2, 0) is 27.4 Å². The molecule has 5 rings (SSSR count). The van der Waals surface area contributed by atoms with Gasteiger partial charge >= 0.3 is 12.0 Å². The number of hydrogen-bond donors (Lipinski definition) is 2. The monoisotopic (exact) mass is 563 g/mol. The van der Waals surface area contributed by atoms with Gasteiger partial charge in [0, 0.05) is 35.9 Å². The molecule has 0 aliphatic carbocycles. The van der Waals surface area contributed by atoms with Crippen molar-refractivity contribution in [1.29, 1.82) is 0 Å². The molecular weight excluding hydrogens is 530 g/mol. The van der Waals surface area contributed by atoms with Gasteiger partial charge in [0.05, 0.1) is 26.7 Å². The van der Waals surface area contributed by atoms with Gasteiger partial charge in [-0.15, -0.1) is 0 Å². The van der Waals surface area contributed by atoms with Gasteiger partial charge in [-0.2, -0.15) is 0 Å². The molecule has 0 spiro atoms. The van der Waals surface area contributed by atoms with Crippen molar-refractivity contribution in [3.8, 4) is 0 Å². The van der Waals surface area contributed by atoms with Crippen molar-refractivity contribution in [2.45, 2.75) is 25.5 Å². The van der Waals surface area contributed by atoms with Crippen molar-refractivity contribution < 1.29 is 23.9 Å². The summed E-state index contributed by atoms with van der Waals surface area (Å²) < 4.78 is 10.9. The van der Waals surface area contributed by atoms with Gasteiger partial charge < -0.3 is 25.0 Å². The number of para-hydroxylation sites is 1. The Morgan fingerprint density at radius 2 is 1.50 bits per heavy atom. The number of nitrogens with one attached hydrogen (secondary N) is 2. The highest BCUT2D eigenvalue weighted by molar-refractivity contribution is 6.09. The van der Waals surface area contributed by atoms with Crippen LogP contribution >= 0.6 is 0 Å². The van der Waals surface area contributed by atoms with Gasteiger partial charge in [-0.05, 0) is 46.5 Å². The number of benzene rings is 4. The molecule has 0 aromatic heterocycles. The molecule has 0 fully saturated rings. The standard InChI is InChI=1S/C34H33N3O5/c1-41-32(38)21-30-27-11-5-6-13-29(27)33(39)37(31-14-8-7-12-28(30)31)19-20-42-23-25-15-17-26(18-16-25)36-34(40)35-22-24-9-3-2-4-10-24/h2-18,30H,19-23H2,1H3,(H2,35,36,40). The molecule has 0 saturated carbocycles. The number of urea groups is 1. The van der Waals surface area contributed by atoms with Gasteiger partial charge in [0.25, 0.3) is 5.91 Å². The molecular formula is C34H33N3O5. The van der Waals surface area contributed by atoms with Crippen molar-refractivity contribution in [3.63, 3.8) is 0 Å². The Kier molecular flexibility index (Phi) is 9.26. The average Bonchev–Trinajstić information content (AvgIpc) is 3.12. The molecule has 4 aromatic carbocycles. The van der Waals surface area contributed by atoms with Crippen LogP contribution in [0.3, 0.4) is 0 Å². The van der Waals surface area contributed by atoms with Crippen LogP contribution in [0, 0.1) is 0 Å². The largest absolute Gasteiger partial charge is 0.469 e. The highest BCUT2D eigenvalue weighted by Crippen LogP contribution is 2.40. The summed E-state index contributed by atoms with van der Waals surface area (Å²) in [7, 11) is 1.37. The Morgan fingerprint density at radius 1 is 0.810 bits per heavy atom. The van der Waals surface area contributed by atoms with Gasteiger partial charge in [-0.25, -0.2) is 4.79 Å². The smallest absolute Gasteiger partial charge is 0.319 e. The topological polar surface area (TPSA) is 97.0 Å².